The fraction of sp³-hybridized carbons (Fsp3) is 0.350. The highest BCUT2D eigenvalue weighted by Crippen LogP contribution is 2.28. The number of aromatic nitrogens is 2. The normalized spacial score (nSPS) is 11.6. The Morgan fingerprint density at radius 2 is 1.93 bits per heavy atom. The molecule has 2 aromatic heterocycles. The van der Waals surface area contributed by atoms with Gasteiger partial charge < -0.3 is 10.6 Å². The summed E-state index contributed by atoms with van der Waals surface area (Å²) in [6.07, 6.45) is 2.98. The van der Waals surface area contributed by atoms with E-state index in [4.69, 9.17) is 9.98 Å². The first-order valence-electron chi connectivity index (χ1n) is 9.17. The minimum atomic E-state index is 0.615. The molecule has 0 saturated carbocycles. The lowest BCUT2D eigenvalue weighted by molar-refractivity contribution is 0.812. The summed E-state index contributed by atoms with van der Waals surface area (Å²) in [6, 6.07) is 10.3. The number of hydrogen-bond donors (Lipinski definition) is 2. The zero-order valence-electron chi connectivity index (χ0n) is 16.0. The quantitative estimate of drug-likeness (QED) is 0.457. The molecule has 5 nitrogen and oxygen atoms in total. The average molecular weight is 400 g/mol. The maximum atomic E-state index is 4.74. The van der Waals surface area contributed by atoms with E-state index in [2.05, 4.69) is 48.5 Å². The summed E-state index contributed by atoms with van der Waals surface area (Å²) in [7, 11) is 0. The molecule has 0 aliphatic heterocycles. The first-order valence-corrected chi connectivity index (χ1v) is 10.8. The molecule has 3 aromatic rings. The zero-order valence-corrected chi connectivity index (χ0v) is 17.6. The van der Waals surface area contributed by atoms with Gasteiger partial charge in [-0.25, -0.2) is 15.0 Å². The predicted octanol–water partition coefficient (Wildman–Crippen LogP) is 4.39. The molecule has 0 aliphatic carbocycles. The van der Waals surface area contributed by atoms with E-state index in [1.54, 1.807) is 22.7 Å². The molecule has 0 spiro atoms. The SMILES string of the molecule is CCNC(=NCc1sc(-c2ccccc2)nc1C)NCc1ncc(CC)s1. The van der Waals surface area contributed by atoms with Gasteiger partial charge in [-0.2, -0.15) is 0 Å². The lowest BCUT2D eigenvalue weighted by atomic mass is 10.2. The van der Waals surface area contributed by atoms with Gasteiger partial charge in [0.2, 0.25) is 0 Å². The van der Waals surface area contributed by atoms with Gasteiger partial charge in [0.05, 0.1) is 18.8 Å². The van der Waals surface area contributed by atoms with Crippen molar-refractivity contribution in [2.75, 3.05) is 6.54 Å². The van der Waals surface area contributed by atoms with Crippen molar-refractivity contribution in [3.05, 3.63) is 57.0 Å². The van der Waals surface area contributed by atoms with E-state index in [9.17, 15) is 0 Å². The Kier molecular flexibility index (Phi) is 6.95. The Hall–Kier alpha value is -2.25. The summed E-state index contributed by atoms with van der Waals surface area (Å²) in [5.74, 6) is 0.805. The molecule has 0 radical (unpaired) electrons. The van der Waals surface area contributed by atoms with Crippen LogP contribution in [0.1, 0.15) is 34.3 Å². The van der Waals surface area contributed by atoms with Gasteiger partial charge in [-0.05, 0) is 20.3 Å². The molecule has 0 amide bonds. The predicted molar refractivity (Wildman–Crippen MR) is 115 cm³/mol. The van der Waals surface area contributed by atoms with Crippen LogP contribution in [-0.4, -0.2) is 22.5 Å². The number of nitrogens with one attached hydrogen (secondary N) is 2. The minimum Gasteiger partial charge on any atom is -0.357 e. The second kappa shape index (κ2) is 9.62. The fourth-order valence-corrected chi connectivity index (χ4v) is 4.32. The molecular formula is C20H25N5S2. The summed E-state index contributed by atoms with van der Waals surface area (Å²) in [4.78, 5) is 16.4. The van der Waals surface area contributed by atoms with E-state index in [0.29, 0.717) is 13.1 Å². The van der Waals surface area contributed by atoms with Crippen LogP contribution >= 0.6 is 22.7 Å². The molecule has 0 saturated heterocycles. The van der Waals surface area contributed by atoms with Gasteiger partial charge in [-0.3, -0.25) is 0 Å². The van der Waals surface area contributed by atoms with Crippen LogP contribution in [0.5, 0.6) is 0 Å². The Balaban J connectivity index is 1.66. The first-order chi connectivity index (χ1) is 13.2. The second-order valence-electron chi connectivity index (χ2n) is 6.02. The van der Waals surface area contributed by atoms with Crippen molar-refractivity contribution in [1.29, 1.82) is 0 Å². The highest BCUT2D eigenvalue weighted by Gasteiger charge is 2.09. The molecular weight excluding hydrogens is 374 g/mol. The van der Waals surface area contributed by atoms with E-state index >= 15 is 0 Å². The minimum absolute atomic E-state index is 0.615. The van der Waals surface area contributed by atoms with Gasteiger partial charge in [-0.1, -0.05) is 37.3 Å². The van der Waals surface area contributed by atoms with Gasteiger partial charge in [-0.15, -0.1) is 22.7 Å². The molecule has 0 aliphatic rings. The molecule has 142 valence electrons. The number of hydrogen-bond acceptors (Lipinski definition) is 5. The number of aliphatic imine (C=N–C) groups is 1. The van der Waals surface area contributed by atoms with Crippen LogP contribution < -0.4 is 10.6 Å². The van der Waals surface area contributed by atoms with E-state index in [-0.39, 0.29) is 0 Å². The van der Waals surface area contributed by atoms with Gasteiger partial charge in [0.1, 0.15) is 10.0 Å². The van der Waals surface area contributed by atoms with Crippen molar-refractivity contribution in [1.82, 2.24) is 20.6 Å². The summed E-state index contributed by atoms with van der Waals surface area (Å²) >= 11 is 3.46. The molecule has 2 heterocycles. The molecule has 1 aromatic carbocycles. The smallest absolute Gasteiger partial charge is 0.191 e. The van der Waals surface area contributed by atoms with Crippen LogP contribution in [0.15, 0.2) is 41.5 Å². The number of guanidine groups is 1. The molecule has 0 bridgehead atoms. The summed E-state index contributed by atoms with van der Waals surface area (Å²) in [6.45, 7) is 8.40. The summed E-state index contributed by atoms with van der Waals surface area (Å²) < 4.78 is 0. The lowest BCUT2D eigenvalue weighted by Gasteiger charge is -2.09. The van der Waals surface area contributed by atoms with Crippen LogP contribution in [-0.2, 0) is 19.5 Å². The molecule has 7 heteroatoms. The summed E-state index contributed by atoms with van der Waals surface area (Å²) in [5.41, 5.74) is 2.20. The van der Waals surface area contributed by atoms with Gasteiger partial charge in [0, 0.05) is 28.1 Å². The third-order valence-corrected chi connectivity index (χ3v) is 6.33. The third-order valence-electron chi connectivity index (χ3n) is 4.00. The standard InChI is InChI=1S/C20H25N5S2/c1-4-16-11-22-18(26-16)13-24-20(21-5-2)23-12-17-14(3)25-19(27-17)15-9-7-6-8-10-15/h6-11H,4-5,12-13H2,1-3H3,(H2,21,23,24). The van der Waals surface area contributed by atoms with Crippen molar-refractivity contribution in [3.63, 3.8) is 0 Å². The Morgan fingerprint density at radius 1 is 1.11 bits per heavy atom. The van der Waals surface area contributed by atoms with Crippen LogP contribution in [0, 0.1) is 6.92 Å². The number of nitrogens with zero attached hydrogens (tertiary/aromatic N) is 3. The highest BCUT2D eigenvalue weighted by molar-refractivity contribution is 7.15. The van der Waals surface area contributed by atoms with Gasteiger partial charge >= 0.3 is 0 Å². The molecule has 27 heavy (non-hydrogen) atoms. The van der Waals surface area contributed by atoms with Crippen molar-refractivity contribution in [3.8, 4) is 10.6 Å². The van der Waals surface area contributed by atoms with Gasteiger partial charge in [0.15, 0.2) is 5.96 Å². The second-order valence-corrected chi connectivity index (χ2v) is 8.30. The number of thiazole rings is 2. The van der Waals surface area contributed by atoms with Crippen LogP contribution in [0.2, 0.25) is 0 Å². The molecule has 0 atom stereocenters. The van der Waals surface area contributed by atoms with Crippen molar-refractivity contribution >= 4 is 28.6 Å². The highest BCUT2D eigenvalue weighted by atomic mass is 32.1. The lowest BCUT2D eigenvalue weighted by Crippen LogP contribution is -2.36. The molecule has 2 N–H and O–H groups in total. The number of benzene rings is 1. The monoisotopic (exact) mass is 399 g/mol. The molecule has 0 unspecified atom stereocenters. The fourth-order valence-electron chi connectivity index (χ4n) is 2.52. The number of rotatable bonds is 7. The van der Waals surface area contributed by atoms with Crippen molar-refractivity contribution < 1.29 is 0 Å². The van der Waals surface area contributed by atoms with Crippen molar-refractivity contribution in [2.24, 2.45) is 4.99 Å². The summed E-state index contributed by atoms with van der Waals surface area (Å²) in [5, 5.41) is 8.80. The van der Waals surface area contributed by atoms with E-state index in [0.717, 1.165) is 40.2 Å². The Labute approximate surface area is 168 Å². The third kappa shape index (κ3) is 5.37. The molecule has 3 rings (SSSR count). The van der Waals surface area contributed by atoms with Crippen LogP contribution in [0.25, 0.3) is 10.6 Å². The maximum Gasteiger partial charge on any atom is 0.191 e. The van der Waals surface area contributed by atoms with Crippen molar-refractivity contribution in [2.45, 2.75) is 40.3 Å². The first kappa shape index (κ1) is 19.5. The van der Waals surface area contributed by atoms with E-state index in [1.165, 1.54) is 9.75 Å². The van der Waals surface area contributed by atoms with Gasteiger partial charge in [0.25, 0.3) is 0 Å². The largest absolute Gasteiger partial charge is 0.357 e. The Morgan fingerprint density at radius 3 is 2.63 bits per heavy atom. The molecule has 0 fully saturated rings. The Bertz CT molecular complexity index is 883. The van der Waals surface area contributed by atoms with E-state index in [1.807, 2.05) is 24.4 Å². The van der Waals surface area contributed by atoms with E-state index < -0.39 is 0 Å². The van der Waals surface area contributed by atoms with Crippen LogP contribution in [0.4, 0.5) is 0 Å². The van der Waals surface area contributed by atoms with Crippen LogP contribution in [0.3, 0.4) is 0 Å². The average Bonchev–Trinajstić information content (AvgIpc) is 3.31. The topological polar surface area (TPSA) is 62.2 Å². The zero-order chi connectivity index (χ0) is 19.1. The maximum absolute atomic E-state index is 4.74. The number of aryl methyl sites for hydroxylation is 2.